The second kappa shape index (κ2) is 9.41. The molecule has 1 aliphatic heterocycles. The van der Waals surface area contributed by atoms with Crippen LogP contribution in [0.15, 0.2) is 42.9 Å². The molecule has 0 unspecified atom stereocenters. The lowest BCUT2D eigenvalue weighted by Crippen LogP contribution is -2.38. The highest BCUT2D eigenvalue weighted by atomic mass is 35.5. The van der Waals surface area contributed by atoms with Crippen molar-refractivity contribution in [2.75, 3.05) is 18.8 Å². The number of pyridine rings is 1. The lowest BCUT2D eigenvalue weighted by Gasteiger charge is -2.32. The maximum absolute atomic E-state index is 14.0. The summed E-state index contributed by atoms with van der Waals surface area (Å²) in [6.07, 6.45) is 7.62. The summed E-state index contributed by atoms with van der Waals surface area (Å²) < 4.78 is 17.3. The van der Waals surface area contributed by atoms with Crippen LogP contribution in [0.1, 0.15) is 32.2 Å². The summed E-state index contributed by atoms with van der Waals surface area (Å²) in [4.78, 5) is 18.2. The Kier molecular flexibility index (Phi) is 6.16. The number of carbonyl (C=O) groups excluding carboxylic acids is 1. The van der Waals surface area contributed by atoms with Gasteiger partial charge in [-0.25, -0.2) is 9.37 Å². The average Bonchev–Trinajstić information content (AvgIpc) is 3.56. The van der Waals surface area contributed by atoms with Crippen molar-refractivity contribution < 1.29 is 9.18 Å². The summed E-state index contributed by atoms with van der Waals surface area (Å²) in [5.41, 5.74) is 8.56. The first-order chi connectivity index (χ1) is 17.0. The zero-order valence-electron chi connectivity index (χ0n) is 19.0. The van der Waals surface area contributed by atoms with Crippen LogP contribution in [0.25, 0.3) is 28.2 Å². The van der Waals surface area contributed by atoms with E-state index in [0.717, 1.165) is 37.1 Å². The number of anilines is 1. The molecule has 0 bridgehead atoms. The third-order valence-electron chi connectivity index (χ3n) is 6.22. The molecule has 1 saturated heterocycles. The van der Waals surface area contributed by atoms with Gasteiger partial charge in [0, 0.05) is 43.0 Å². The maximum atomic E-state index is 14.0. The number of benzene rings is 1. The number of aromatic nitrogens is 7. The van der Waals surface area contributed by atoms with Crippen LogP contribution in [-0.2, 0) is 4.79 Å². The summed E-state index contributed by atoms with van der Waals surface area (Å²) in [5.74, 6) is 0.108. The number of piperidine rings is 1. The number of halogens is 2. The standard InChI is InChI=1S/C23H23ClFN9O/c1-2-20(35)32-8-6-16(7-9-32)33-13-15(12-28-33)14-10-17(22(26)27-11-14)23-29-30-31-34(23)19-5-3-4-18(25)21(19)24/h3-5,10-13,16H,2,6-9H2,1H3,(H2,26,27). The van der Waals surface area contributed by atoms with Gasteiger partial charge in [0.25, 0.3) is 0 Å². The number of nitrogen functional groups attached to an aromatic ring is 1. The number of hydrogen-bond acceptors (Lipinski definition) is 7. The van der Waals surface area contributed by atoms with Gasteiger partial charge in [-0.1, -0.05) is 24.6 Å². The molecule has 5 rings (SSSR count). The summed E-state index contributed by atoms with van der Waals surface area (Å²) in [5, 5.41) is 16.2. The summed E-state index contributed by atoms with van der Waals surface area (Å²) in [6, 6.07) is 6.43. The van der Waals surface area contributed by atoms with Crippen LogP contribution in [0, 0.1) is 5.82 Å². The first-order valence-corrected chi connectivity index (χ1v) is 11.6. The number of likely N-dealkylation sites (tertiary alicyclic amines) is 1. The highest BCUT2D eigenvalue weighted by molar-refractivity contribution is 6.32. The van der Waals surface area contributed by atoms with E-state index in [4.69, 9.17) is 17.3 Å². The largest absolute Gasteiger partial charge is 0.383 e. The molecule has 4 heterocycles. The van der Waals surface area contributed by atoms with Gasteiger partial charge in [-0.15, -0.1) is 5.10 Å². The van der Waals surface area contributed by atoms with E-state index in [1.165, 1.54) is 16.8 Å². The molecule has 1 amide bonds. The molecule has 180 valence electrons. The van der Waals surface area contributed by atoms with Crippen LogP contribution in [0.2, 0.25) is 5.02 Å². The second-order valence-corrected chi connectivity index (χ2v) is 8.70. The third-order valence-corrected chi connectivity index (χ3v) is 6.59. The topological polar surface area (TPSA) is 121 Å². The molecular weight excluding hydrogens is 473 g/mol. The Morgan fingerprint density at radius 2 is 2.03 bits per heavy atom. The van der Waals surface area contributed by atoms with E-state index in [0.29, 0.717) is 12.0 Å². The highest BCUT2D eigenvalue weighted by Crippen LogP contribution is 2.32. The summed E-state index contributed by atoms with van der Waals surface area (Å²) >= 11 is 6.15. The van der Waals surface area contributed by atoms with Gasteiger partial charge in [0.2, 0.25) is 5.91 Å². The summed E-state index contributed by atoms with van der Waals surface area (Å²) in [7, 11) is 0. The quantitative estimate of drug-likeness (QED) is 0.449. The van der Waals surface area contributed by atoms with E-state index in [1.807, 2.05) is 28.8 Å². The zero-order chi connectivity index (χ0) is 24.5. The van der Waals surface area contributed by atoms with Crippen molar-refractivity contribution in [1.82, 2.24) is 39.9 Å². The molecule has 0 aliphatic carbocycles. The number of tetrazole rings is 1. The van der Waals surface area contributed by atoms with Gasteiger partial charge in [0.15, 0.2) is 5.82 Å². The number of rotatable bonds is 5. The first-order valence-electron chi connectivity index (χ1n) is 11.3. The number of carbonyl (C=O) groups is 1. The molecule has 12 heteroatoms. The Labute approximate surface area is 205 Å². The van der Waals surface area contributed by atoms with Crippen LogP contribution >= 0.6 is 11.6 Å². The molecule has 10 nitrogen and oxygen atoms in total. The van der Waals surface area contributed by atoms with Crippen molar-refractivity contribution in [3.05, 3.63) is 53.7 Å². The average molecular weight is 496 g/mol. The van der Waals surface area contributed by atoms with Crippen LogP contribution in [0.5, 0.6) is 0 Å². The number of amides is 1. The van der Waals surface area contributed by atoms with E-state index in [9.17, 15) is 9.18 Å². The maximum Gasteiger partial charge on any atom is 0.222 e. The Balaban J connectivity index is 1.43. The lowest BCUT2D eigenvalue weighted by molar-refractivity contribution is -0.132. The van der Waals surface area contributed by atoms with E-state index in [-0.39, 0.29) is 34.3 Å². The molecule has 1 fully saturated rings. The van der Waals surface area contributed by atoms with E-state index < -0.39 is 5.82 Å². The predicted molar refractivity (Wildman–Crippen MR) is 128 cm³/mol. The first kappa shape index (κ1) is 22.9. The minimum absolute atomic E-state index is 0.100. The third kappa shape index (κ3) is 4.34. The SMILES string of the molecule is CCC(=O)N1CCC(n2cc(-c3cnc(N)c(-c4nnnn4-c4cccc(F)c4Cl)c3)cn2)CC1. The normalized spacial score (nSPS) is 14.4. The van der Waals surface area contributed by atoms with Crippen LogP contribution in [0.3, 0.4) is 0 Å². The van der Waals surface area contributed by atoms with E-state index >= 15 is 0 Å². The van der Waals surface area contributed by atoms with Gasteiger partial charge in [-0.2, -0.15) is 9.78 Å². The van der Waals surface area contributed by atoms with Gasteiger partial charge in [0.1, 0.15) is 16.7 Å². The van der Waals surface area contributed by atoms with Crippen molar-refractivity contribution in [2.24, 2.45) is 0 Å². The monoisotopic (exact) mass is 495 g/mol. The Bertz CT molecular complexity index is 1380. The van der Waals surface area contributed by atoms with Crippen LogP contribution in [-0.4, -0.2) is 58.9 Å². The molecule has 35 heavy (non-hydrogen) atoms. The van der Waals surface area contributed by atoms with Crippen molar-refractivity contribution in [3.63, 3.8) is 0 Å². The zero-order valence-corrected chi connectivity index (χ0v) is 19.7. The Morgan fingerprint density at radius 3 is 2.80 bits per heavy atom. The minimum Gasteiger partial charge on any atom is -0.383 e. The summed E-state index contributed by atoms with van der Waals surface area (Å²) in [6.45, 7) is 3.34. The Hall–Kier alpha value is -3.86. The van der Waals surface area contributed by atoms with Gasteiger partial charge < -0.3 is 10.6 Å². The molecular formula is C23H23ClFN9O. The minimum atomic E-state index is -0.581. The molecule has 0 spiro atoms. The fourth-order valence-corrected chi connectivity index (χ4v) is 4.48. The molecule has 2 N–H and O–H groups in total. The van der Waals surface area contributed by atoms with E-state index in [1.54, 1.807) is 18.5 Å². The van der Waals surface area contributed by atoms with Crippen molar-refractivity contribution in [1.29, 1.82) is 0 Å². The molecule has 0 atom stereocenters. The molecule has 4 aromatic rings. The van der Waals surface area contributed by atoms with Gasteiger partial charge in [-0.3, -0.25) is 9.48 Å². The van der Waals surface area contributed by atoms with E-state index in [2.05, 4.69) is 25.6 Å². The van der Waals surface area contributed by atoms with Crippen molar-refractivity contribution in [2.45, 2.75) is 32.2 Å². The molecule has 1 aliphatic rings. The highest BCUT2D eigenvalue weighted by Gasteiger charge is 2.24. The van der Waals surface area contributed by atoms with Gasteiger partial charge >= 0.3 is 0 Å². The number of nitrogens with zero attached hydrogens (tertiary/aromatic N) is 8. The Morgan fingerprint density at radius 1 is 1.23 bits per heavy atom. The lowest BCUT2D eigenvalue weighted by atomic mass is 10.0. The fraction of sp³-hybridized carbons (Fsp3) is 0.304. The van der Waals surface area contributed by atoms with Gasteiger partial charge in [-0.05, 0) is 41.5 Å². The van der Waals surface area contributed by atoms with Gasteiger partial charge in [0.05, 0.1) is 23.5 Å². The molecule has 0 radical (unpaired) electrons. The number of nitrogens with two attached hydrogens (primary N) is 1. The van der Waals surface area contributed by atoms with Crippen molar-refractivity contribution >= 4 is 23.3 Å². The number of hydrogen-bond donors (Lipinski definition) is 1. The van der Waals surface area contributed by atoms with Crippen LogP contribution in [0.4, 0.5) is 10.2 Å². The molecule has 1 aromatic carbocycles. The van der Waals surface area contributed by atoms with Crippen molar-refractivity contribution in [3.8, 4) is 28.2 Å². The fourth-order valence-electron chi connectivity index (χ4n) is 4.28. The smallest absolute Gasteiger partial charge is 0.222 e. The molecule has 0 saturated carbocycles. The molecule has 3 aromatic heterocycles. The van der Waals surface area contributed by atoms with Crippen LogP contribution < -0.4 is 5.73 Å². The second-order valence-electron chi connectivity index (χ2n) is 8.32. The predicted octanol–water partition coefficient (Wildman–Crippen LogP) is 3.54.